The number of hydrogen-bond acceptors (Lipinski definition) is 4. The van der Waals surface area contributed by atoms with Crippen LogP contribution in [0.4, 0.5) is 15.8 Å². The second kappa shape index (κ2) is 6.65. The molecular formula is C14H20FN3O2. The molecule has 1 aromatic carbocycles. The van der Waals surface area contributed by atoms with E-state index in [9.17, 15) is 14.5 Å². The van der Waals surface area contributed by atoms with Crippen molar-refractivity contribution in [1.82, 2.24) is 0 Å². The minimum atomic E-state index is -0.610. The first-order valence-corrected chi connectivity index (χ1v) is 7.01. The molecule has 2 rings (SSSR count). The van der Waals surface area contributed by atoms with E-state index in [-0.39, 0.29) is 11.7 Å². The highest BCUT2D eigenvalue weighted by Crippen LogP contribution is 2.29. The van der Waals surface area contributed by atoms with E-state index < -0.39 is 10.7 Å². The lowest BCUT2D eigenvalue weighted by atomic mass is 9.84. The topological polar surface area (TPSA) is 81.2 Å². The average molecular weight is 281 g/mol. The molecule has 0 bridgehead atoms. The standard InChI is InChI=1S/C14H20FN3O2/c15-11-6-12(8-13(7-11)18(19)20)17-14(9-16)10-4-2-1-3-5-10/h6-8,10,14,17H,1-5,9,16H2. The summed E-state index contributed by atoms with van der Waals surface area (Å²) in [6.45, 7) is 0.439. The van der Waals surface area contributed by atoms with Crippen LogP contribution >= 0.6 is 0 Å². The first kappa shape index (κ1) is 14.7. The Morgan fingerprint density at radius 1 is 1.35 bits per heavy atom. The number of nitrogens with zero attached hydrogens (tertiary/aromatic N) is 1. The summed E-state index contributed by atoms with van der Waals surface area (Å²) in [5.41, 5.74) is 5.98. The number of nitrogens with two attached hydrogens (primary N) is 1. The summed E-state index contributed by atoms with van der Waals surface area (Å²) in [5, 5.41) is 13.9. The SMILES string of the molecule is NCC(Nc1cc(F)cc([N+](=O)[O-])c1)C1CCCCC1. The van der Waals surface area contributed by atoms with Crippen molar-refractivity contribution < 1.29 is 9.31 Å². The van der Waals surface area contributed by atoms with Gasteiger partial charge in [-0.05, 0) is 24.8 Å². The summed E-state index contributed by atoms with van der Waals surface area (Å²) in [6, 6.07) is 3.59. The van der Waals surface area contributed by atoms with Gasteiger partial charge in [0.05, 0.1) is 11.0 Å². The summed E-state index contributed by atoms with van der Waals surface area (Å²) in [7, 11) is 0. The molecule has 1 aromatic rings. The molecule has 0 spiro atoms. The minimum Gasteiger partial charge on any atom is -0.380 e. The molecule has 20 heavy (non-hydrogen) atoms. The quantitative estimate of drug-likeness (QED) is 0.642. The molecule has 0 heterocycles. The fraction of sp³-hybridized carbons (Fsp3) is 0.571. The number of nitro benzene ring substituents is 1. The molecule has 1 aliphatic carbocycles. The van der Waals surface area contributed by atoms with Crippen molar-refractivity contribution in [1.29, 1.82) is 0 Å². The Labute approximate surface area is 117 Å². The highest BCUT2D eigenvalue weighted by molar-refractivity contribution is 5.52. The van der Waals surface area contributed by atoms with Gasteiger partial charge < -0.3 is 11.1 Å². The molecule has 0 aliphatic heterocycles. The molecule has 0 aromatic heterocycles. The number of rotatable bonds is 5. The first-order valence-electron chi connectivity index (χ1n) is 7.01. The van der Waals surface area contributed by atoms with Crippen LogP contribution in [0.15, 0.2) is 18.2 Å². The van der Waals surface area contributed by atoms with Crippen LogP contribution in [0.2, 0.25) is 0 Å². The molecule has 0 amide bonds. The van der Waals surface area contributed by atoms with Crippen molar-refractivity contribution in [2.75, 3.05) is 11.9 Å². The van der Waals surface area contributed by atoms with Gasteiger partial charge in [-0.15, -0.1) is 0 Å². The Hall–Kier alpha value is -1.69. The summed E-state index contributed by atoms with van der Waals surface area (Å²) in [5.74, 6) is -0.155. The van der Waals surface area contributed by atoms with Gasteiger partial charge in [-0.3, -0.25) is 10.1 Å². The van der Waals surface area contributed by atoms with E-state index in [2.05, 4.69) is 5.32 Å². The van der Waals surface area contributed by atoms with Crippen LogP contribution in [0.1, 0.15) is 32.1 Å². The normalized spacial score (nSPS) is 17.7. The van der Waals surface area contributed by atoms with Crippen LogP contribution in [0.25, 0.3) is 0 Å². The number of anilines is 1. The lowest BCUT2D eigenvalue weighted by Gasteiger charge is -2.30. The average Bonchev–Trinajstić information content (AvgIpc) is 2.45. The Morgan fingerprint density at radius 2 is 2.05 bits per heavy atom. The third-order valence-electron chi connectivity index (χ3n) is 3.92. The maximum atomic E-state index is 13.4. The molecule has 1 atom stereocenters. The number of halogens is 1. The molecule has 5 nitrogen and oxygen atoms in total. The van der Waals surface area contributed by atoms with Gasteiger partial charge in [0.25, 0.3) is 5.69 Å². The van der Waals surface area contributed by atoms with Crippen molar-refractivity contribution in [3.8, 4) is 0 Å². The number of nitrogens with one attached hydrogen (secondary N) is 1. The zero-order chi connectivity index (χ0) is 14.5. The zero-order valence-electron chi connectivity index (χ0n) is 11.3. The van der Waals surface area contributed by atoms with Crippen molar-refractivity contribution >= 4 is 11.4 Å². The van der Waals surface area contributed by atoms with Gasteiger partial charge in [0.2, 0.25) is 0 Å². The van der Waals surface area contributed by atoms with Crippen LogP contribution in [-0.4, -0.2) is 17.5 Å². The highest BCUT2D eigenvalue weighted by atomic mass is 19.1. The molecule has 6 heteroatoms. The van der Waals surface area contributed by atoms with Gasteiger partial charge >= 0.3 is 0 Å². The van der Waals surface area contributed by atoms with Crippen LogP contribution in [0.3, 0.4) is 0 Å². The van der Waals surface area contributed by atoms with Crippen LogP contribution in [-0.2, 0) is 0 Å². The van der Waals surface area contributed by atoms with Gasteiger partial charge in [0.15, 0.2) is 0 Å². The largest absolute Gasteiger partial charge is 0.380 e. The van der Waals surface area contributed by atoms with Crippen LogP contribution < -0.4 is 11.1 Å². The zero-order valence-corrected chi connectivity index (χ0v) is 11.3. The monoisotopic (exact) mass is 281 g/mol. The molecule has 0 radical (unpaired) electrons. The molecule has 3 N–H and O–H groups in total. The van der Waals surface area contributed by atoms with Crippen molar-refractivity contribution in [3.63, 3.8) is 0 Å². The molecule has 1 fully saturated rings. The second-order valence-corrected chi connectivity index (χ2v) is 5.34. The van der Waals surface area contributed by atoms with E-state index in [4.69, 9.17) is 5.73 Å². The summed E-state index contributed by atoms with van der Waals surface area (Å²) < 4.78 is 13.4. The molecule has 110 valence electrons. The highest BCUT2D eigenvalue weighted by Gasteiger charge is 2.23. The Morgan fingerprint density at radius 3 is 2.65 bits per heavy atom. The fourth-order valence-electron chi connectivity index (χ4n) is 2.88. The van der Waals surface area contributed by atoms with E-state index in [0.717, 1.165) is 18.9 Å². The third kappa shape index (κ3) is 3.66. The Bertz CT molecular complexity index is 475. The van der Waals surface area contributed by atoms with Crippen LogP contribution in [0, 0.1) is 21.8 Å². The number of benzene rings is 1. The van der Waals surface area contributed by atoms with Crippen molar-refractivity contribution in [3.05, 3.63) is 34.1 Å². The lowest BCUT2D eigenvalue weighted by molar-refractivity contribution is -0.385. The molecule has 1 aliphatic rings. The predicted molar refractivity (Wildman–Crippen MR) is 76.1 cm³/mol. The first-order chi connectivity index (χ1) is 9.60. The number of nitro groups is 1. The van der Waals surface area contributed by atoms with Gasteiger partial charge in [-0.1, -0.05) is 19.3 Å². The lowest BCUT2D eigenvalue weighted by Crippen LogP contribution is -2.37. The van der Waals surface area contributed by atoms with E-state index in [0.29, 0.717) is 18.2 Å². The summed E-state index contributed by atoms with van der Waals surface area (Å²) >= 11 is 0. The predicted octanol–water partition coefficient (Wildman–Crippen LogP) is 3.05. The van der Waals surface area contributed by atoms with E-state index in [1.165, 1.54) is 31.4 Å². The molecule has 0 saturated heterocycles. The third-order valence-corrected chi connectivity index (χ3v) is 3.92. The molecule has 1 saturated carbocycles. The smallest absolute Gasteiger partial charge is 0.274 e. The minimum absolute atomic E-state index is 0.0386. The number of non-ortho nitro benzene ring substituents is 1. The van der Waals surface area contributed by atoms with E-state index in [1.807, 2.05) is 0 Å². The van der Waals surface area contributed by atoms with Gasteiger partial charge in [0, 0.05) is 24.3 Å². The maximum absolute atomic E-state index is 13.4. The number of hydrogen-bond donors (Lipinski definition) is 2. The van der Waals surface area contributed by atoms with Gasteiger partial charge in [0.1, 0.15) is 5.82 Å². The molecular weight excluding hydrogens is 261 g/mol. The molecule has 1 unspecified atom stereocenters. The fourth-order valence-corrected chi connectivity index (χ4v) is 2.88. The van der Waals surface area contributed by atoms with Gasteiger partial charge in [-0.25, -0.2) is 4.39 Å². The van der Waals surface area contributed by atoms with E-state index >= 15 is 0 Å². The summed E-state index contributed by atoms with van der Waals surface area (Å²) in [6.07, 6.45) is 5.83. The Balaban J connectivity index is 2.12. The van der Waals surface area contributed by atoms with E-state index in [1.54, 1.807) is 0 Å². The Kier molecular flexibility index (Phi) is 4.89. The van der Waals surface area contributed by atoms with Crippen molar-refractivity contribution in [2.45, 2.75) is 38.1 Å². The van der Waals surface area contributed by atoms with Gasteiger partial charge in [-0.2, -0.15) is 0 Å². The second-order valence-electron chi connectivity index (χ2n) is 5.34. The maximum Gasteiger partial charge on any atom is 0.274 e. The summed E-state index contributed by atoms with van der Waals surface area (Å²) in [4.78, 5) is 10.2. The van der Waals surface area contributed by atoms with Crippen LogP contribution in [0.5, 0.6) is 0 Å². The van der Waals surface area contributed by atoms with Crippen molar-refractivity contribution in [2.24, 2.45) is 11.7 Å².